The Morgan fingerprint density at radius 1 is 1.44 bits per heavy atom. The van der Waals surface area contributed by atoms with Crippen molar-refractivity contribution >= 4 is 21.8 Å². The van der Waals surface area contributed by atoms with Crippen molar-refractivity contribution in [3.05, 3.63) is 34.3 Å². The van der Waals surface area contributed by atoms with Crippen LogP contribution >= 0.6 is 15.9 Å². The van der Waals surface area contributed by atoms with E-state index < -0.39 is 0 Å². The molecule has 2 atom stereocenters. The normalized spacial score (nSPS) is 14.4. The maximum Gasteiger partial charge on any atom is 0.234 e. The number of benzene rings is 1. The van der Waals surface area contributed by atoms with Gasteiger partial charge in [-0.05, 0) is 31.0 Å². The molecule has 1 aromatic carbocycles. The van der Waals surface area contributed by atoms with Crippen LogP contribution in [-0.4, -0.2) is 11.9 Å². The second-order valence-corrected chi connectivity index (χ2v) is 4.72. The van der Waals surface area contributed by atoms with Crippen LogP contribution in [0.3, 0.4) is 0 Å². The number of nitrogens with two attached hydrogens (primary N) is 1. The molecule has 1 aromatic rings. The highest BCUT2D eigenvalue weighted by molar-refractivity contribution is 9.10. The summed E-state index contributed by atoms with van der Waals surface area (Å²) in [5.41, 5.74) is 6.40. The highest BCUT2D eigenvalue weighted by atomic mass is 79.9. The standard InChI is InChI=1S/C12H17BrN2O/c1-3-11(15-8(2)12(14)16)9-4-6-10(13)7-5-9/h4-8,11,15H,3H2,1-2H3,(H2,14,16)/t8-,11-/m0/s1. The van der Waals surface area contributed by atoms with Gasteiger partial charge in [-0.25, -0.2) is 0 Å². The van der Waals surface area contributed by atoms with Gasteiger partial charge in [0.2, 0.25) is 5.91 Å². The van der Waals surface area contributed by atoms with Crippen molar-refractivity contribution in [3.63, 3.8) is 0 Å². The van der Waals surface area contributed by atoms with E-state index in [0.717, 1.165) is 10.9 Å². The fourth-order valence-electron chi connectivity index (χ4n) is 1.53. The minimum absolute atomic E-state index is 0.163. The van der Waals surface area contributed by atoms with E-state index in [1.54, 1.807) is 6.92 Å². The number of carbonyl (C=O) groups is 1. The summed E-state index contributed by atoms with van der Waals surface area (Å²) in [6.07, 6.45) is 0.916. The summed E-state index contributed by atoms with van der Waals surface area (Å²) in [6.45, 7) is 3.86. The van der Waals surface area contributed by atoms with E-state index in [4.69, 9.17) is 5.73 Å². The molecule has 0 spiro atoms. The lowest BCUT2D eigenvalue weighted by molar-refractivity contribution is -0.119. The van der Waals surface area contributed by atoms with Gasteiger partial charge in [-0.1, -0.05) is 35.0 Å². The maximum atomic E-state index is 11.0. The molecule has 0 bridgehead atoms. The average molecular weight is 285 g/mol. The monoisotopic (exact) mass is 284 g/mol. The van der Waals surface area contributed by atoms with Gasteiger partial charge in [-0.15, -0.1) is 0 Å². The lowest BCUT2D eigenvalue weighted by Crippen LogP contribution is -2.40. The van der Waals surface area contributed by atoms with Crippen molar-refractivity contribution < 1.29 is 4.79 Å². The van der Waals surface area contributed by atoms with E-state index in [9.17, 15) is 4.79 Å². The molecule has 0 unspecified atom stereocenters. The zero-order valence-electron chi connectivity index (χ0n) is 9.53. The molecule has 1 rings (SSSR count). The van der Waals surface area contributed by atoms with Crippen LogP contribution in [0.4, 0.5) is 0 Å². The first-order chi connectivity index (χ1) is 7.54. The summed E-state index contributed by atoms with van der Waals surface area (Å²) in [5, 5.41) is 3.21. The molecule has 0 saturated heterocycles. The molecule has 0 radical (unpaired) electrons. The molecule has 0 aliphatic carbocycles. The predicted octanol–water partition coefficient (Wildman–Crippen LogP) is 2.36. The Morgan fingerprint density at radius 2 is 2.00 bits per heavy atom. The number of primary amides is 1. The van der Waals surface area contributed by atoms with E-state index in [1.165, 1.54) is 5.56 Å². The third-order valence-electron chi connectivity index (χ3n) is 2.56. The number of nitrogens with one attached hydrogen (secondary N) is 1. The van der Waals surface area contributed by atoms with Gasteiger partial charge in [0.1, 0.15) is 0 Å². The third kappa shape index (κ3) is 3.61. The van der Waals surface area contributed by atoms with Crippen LogP contribution in [0, 0.1) is 0 Å². The lowest BCUT2D eigenvalue weighted by Gasteiger charge is -2.20. The molecule has 0 saturated carbocycles. The second-order valence-electron chi connectivity index (χ2n) is 3.80. The molecule has 16 heavy (non-hydrogen) atoms. The van der Waals surface area contributed by atoms with Crippen molar-refractivity contribution in [1.82, 2.24) is 5.32 Å². The van der Waals surface area contributed by atoms with Crippen LogP contribution < -0.4 is 11.1 Å². The van der Waals surface area contributed by atoms with Gasteiger partial charge >= 0.3 is 0 Å². The van der Waals surface area contributed by atoms with Gasteiger partial charge in [0, 0.05) is 10.5 Å². The molecular weight excluding hydrogens is 268 g/mol. The summed E-state index contributed by atoms with van der Waals surface area (Å²) < 4.78 is 1.05. The second kappa shape index (κ2) is 6.01. The van der Waals surface area contributed by atoms with Crippen LogP contribution in [0.15, 0.2) is 28.7 Å². The van der Waals surface area contributed by atoms with Crippen LogP contribution in [-0.2, 0) is 4.79 Å². The van der Waals surface area contributed by atoms with Crippen LogP contribution in [0.5, 0.6) is 0 Å². The molecule has 0 aliphatic rings. The Morgan fingerprint density at radius 3 is 2.44 bits per heavy atom. The van der Waals surface area contributed by atoms with Crippen LogP contribution in [0.1, 0.15) is 31.9 Å². The van der Waals surface area contributed by atoms with E-state index in [0.29, 0.717) is 0 Å². The van der Waals surface area contributed by atoms with Gasteiger partial charge in [-0.3, -0.25) is 10.1 Å². The van der Waals surface area contributed by atoms with Crippen molar-refractivity contribution in [3.8, 4) is 0 Å². The molecule has 0 aromatic heterocycles. The van der Waals surface area contributed by atoms with Gasteiger partial charge in [0.15, 0.2) is 0 Å². The number of halogens is 1. The molecule has 0 fully saturated rings. The number of hydrogen-bond donors (Lipinski definition) is 2. The zero-order valence-corrected chi connectivity index (χ0v) is 11.1. The molecule has 88 valence electrons. The fraction of sp³-hybridized carbons (Fsp3) is 0.417. The molecule has 4 heteroatoms. The van der Waals surface area contributed by atoms with E-state index in [2.05, 4.69) is 28.2 Å². The quantitative estimate of drug-likeness (QED) is 0.872. The molecule has 1 amide bonds. The van der Waals surface area contributed by atoms with Crippen LogP contribution in [0.2, 0.25) is 0 Å². The maximum absolute atomic E-state index is 11.0. The number of rotatable bonds is 5. The minimum Gasteiger partial charge on any atom is -0.368 e. The number of carbonyl (C=O) groups excluding carboxylic acids is 1. The summed E-state index contributed by atoms with van der Waals surface area (Å²) in [5.74, 6) is -0.324. The van der Waals surface area contributed by atoms with E-state index >= 15 is 0 Å². The van der Waals surface area contributed by atoms with E-state index in [1.807, 2.05) is 24.3 Å². The van der Waals surface area contributed by atoms with Gasteiger partial charge in [-0.2, -0.15) is 0 Å². The van der Waals surface area contributed by atoms with E-state index in [-0.39, 0.29) is 18.0 Å². The Balaban J connectivity index is 2.74. The summed E-state index contributed by atoms with van der Waals surface area (Å²) in [7, 11) is 0. The first-order valence-electron chi connectivity index (χ1n) is 5.35. The van der Waals surface area contributed by atoms with Crippen molar-refractivity contribution in [2.24, 2.45) is 5.73 Å². The van der Waals surface area contributed by atoms with Crippen LogP contribution in [0.25, 0.3) is 0 Å². The Bertz CT molecular complexity index is 351. The highest BCUT2D eigenvalue weighted by Gasteiger charge is 2.15. The SMILES string of the molecule is CC[C@H](N[C@@H](C)C(N)=O)c1ccc(Br)cc1. The average Bonchev–Trinajstić information content (AvgIpc) is 2.26. The Kier molecular flexibility index (Phi) is 4.96. The summed E-state index contributed by atoms with van der Waals surface area (Å²) in [6, 6.07) is 7.92. The molecular formula is C12H17BrN2O. The van der Waals surface area contributed by atoms with Crippen molar-refractivity contribution in [2.75, 3.05) is 0 Å². The molecule has 3 nitrogen and oxygen atoms in total. The first kappa shape index (κ1) is 13.2. The Labute approximate surface area is 105 Å². The highest BCUT2D eigenvalue weighted by Crippen LogP contribution is 2.19. The van der Waals surface area contributed by atoms with Crippen molar-refractivity contribution in [2.45, 2.75) is 32.4 Å². The molecule has 3 N–H and O–H groups in total. The molecule has 0 aliphatic heterocycles. The predicted molar refractivity (Wildman–Crippen MR) is 69.0 cm³/mol. The minimum atomic E-state index is -0.324. The largest absolute Gasteiger partial charge is 0.368 e. The van der Waals surface area contributed by atoms with Gasteiger partial charge in [0.05, 0.1) is 6.04 Å². The Hall–Kier alpha value is -0.870. The third-order valence-corrected chi connectivity index (χ3v) is 3.09. The zero-order chi connectivity index (χ0) is 12.1. The van der Waals surface area contributed by atoms with Gasteiger partial charge < -0.3 is 5.73 Å². The number of amides is 1. The first-order valence-corrected chi connectivity index (χ1v) is 6.14. The lowest BCUT2D eigenvalue weighted by atomic mass is 10.0. The topological polar surface area (TPSA) is 55.1 Å². The summed E-state index contributed by atoms with van der Waals surface area (Å²) >= 11 is 3.40. The van der Waals surface area contributed by atoms with Crippen molar-refractivity contribution in [1.29, 1.82) is 0 Å². The number of hydrogen-bond acceptors (Lipinski definition) is 2. The molecule has 0 heterocycles. The van der Waals surface area contributed by atoms with Gasteiger partial charge in [0.25, 0.3) is 0 Å². The fourth-order valence-corrected chi connectivity index (χ4v) is 1.79. The smallest absolute Gasteiger partial charge is 0.234 e. The summed E-state index contributed by atoms with van der Waals surface area (Å²) in [4.78, 5) is 11.0.